The Morgan fingerprint density at radius 2 is 1.32 bits per heavy atom. The zero-order chi connectivity index (χ0) is 21.9. The Bertz CT molecular complexity index is 928. The number of nitrogens with zero attached hydrogens (tertiary/aromatic N) is 1. The summed E-state index contributed by atoms with van der Waals surface area (Å²) in [5, 5.41) is 0. The molecule has 0 amide bonds. The molecule has 162 valence electrons. The lowest BCUT2D eigenvalue weighted by Crippen LogP contribution is -2.10. The summed E-state index contributed by atoms with van der Waals surface area (Å²) in [7, 11) is 0. The van der Waals surface area contributed by atoms with Gasteiger partial charge in [0.15, 0.2) is 0 Å². The molecule has 0 spiro atoms. The molecule has 3 nitrogen and oxygen atoms in total. The van der Waals surface area contributed by atoms with E-state index in [2.05, 4.69) is 43.1 Å². The van der Waals surface area contributed by atoms with E-state index >= 15 is 0 Å². The number of unbranched alkanes of at least 4 members (excludes halogenated alkanes) is 4. The number of benzene rings is 2. The summed E-state index contributed by atoms with van der Waals surface area (Å²) in [4.78, 5) is 16.6. The third-order valence-corrected chi connectivity index (χ3v) is 5.52. The van der Waals surface area contributed by atoms with Crippen LogP contribution in [0.4, 0.5) is 0 Å². The summed E-state index contributed by atoms with van der Waals surface area (Å²) in [5.74, 6) is 0.0976. The monoisotopic (exact) mass is 415 g/mol. The topological polar surface area (TPSA) is 39.2 Å². The predicted molar refractivity (Wildman–Crippen MR) is 128 cm³/mol. The first-order valence-corrected chi connectivity index (χ1v) is 11.6. The molecule has 1 aromatic heterocycles. The van der Waals surface area contributed by atoms with E-state index in [1.54, 1.807) is 12.3 Å². The number of rotatable bonds is 11. The second-order valence-corrected chi connectivity index (χ2v) is 8.08. The Morgan fingerprint density at radius 3 is 1.94 bits per heavy atom. The Hall–Kier alpha value is -2.94. The van der Waals surface area contributed by atoms with Gasteiger partial charge in [0.25, 0.3) is 0 Å². The van der Waals surface area contributed by atoms with Crippen LogP contribution in [0.1, 0.15) is 74.0 Å². The third kappa shape index (κ3) is 7.06. The van der Waals surface area contributed by atoms with Crippen molar-refractivity contribution >= 4 is 5.97 Å². The Morgan fingerprint density at radius 1 is 0.710 bits per heavy atom. The number of aromatic nitrogens is 1. The number of carbonyl (C=O) groups excluding carboxylic acids is 1. The highest BCUT2D eigenvalue weighted by Crippen LogP contribution is 2.24. The normalized spacial score (nSPS) is 10.8. The fourth-order valence-electron chi connectivity index (χ4n) is 3.57. The smallest absolute Gasteiger partial charge is 0.362 e. The Kier molecular flexibility index (Phi) is 8.84. The number of hydrogen-bond acceptors (Lipinski definition) is 3. The van der Waals surface area contributed by atoms with E-state index in [1.165, 1.54) is 36.8 Å². The van der Waals surface area contributed by atoms with Crippen LogP contribution < -0.4 is 4.74 Å². The van der Waals surface area contributed by atoms with Crippen molar-refractivity contribution in [1.82, 2.24) is 4.98 Å². The van der Waals surface area contributed by atoms with E-state index in [0.29, 0.717) is 11.4 Å². The molecule has 0 saturated heterocycles. The summed E-state index contributed by atoms with van der Waals surface area (Å²) >= 11 is 0. The van der Waals surface area contributed by atoms with Gasteiger partial charge in [0.05, 0.1) is 0 Å². The average Bonchev–Trinajstić information content (AvgIpc) is 2.82. The van der Waals surface area contributed by atoms with E-state index in [4.69, 9.17) is 4.74 Å². The first-order valence-electron chi connectivity index (χ1n) is 11.6. The fraction of sp³-hybridized carbons (Fsp3) is 0.357. The second kappa shape index (κ2) is 12.0. The molecule has 0 saturated carbocycles. The highest BCUT2D eigenvalue weighted by molar-refractivity contribution is 5.89. The van der Waals surface area contributed by atoms with Gasteiger partial charge >= 0.3 is 5.97 Å². The van der Waals surface area contributed by atoms with Crippen molar-refractivity contribution in [1.29, 1.82) is 0 Å². The lowest BCUT2D eigenvalue weighted by molar-refractivity contribution is 0.0728. The maximum atomic E-state index is 12.4. The molecule has 0 aliphatic rings. The molecule has 1 heterocycles. The molecule has 0 unspecified atom stereocenters. The first-order chi connectivity index (χ1) is 15.2. The molecule has 3 heteroatoms. The summed E-state index contributed by atoms with van der Waals surface area (Å²) in [6.07, 6.45) is 11.3. The van der Waals surface area contributed by atoms with Gasteiger partial charge in [0.2, 0.25) is 0 Å². The number of pyridine rings is 1. The van der Waals surface area contributed by atoms with Gasteiger partial charge in [0, 0.05) is 6.20 Å². The van der Waals surface area contributed by atoms with Gasteiger partial charge in [0.1, 0.15) is 11.4 Å². The molecule has 0 bridgehead atoms. The zero-order valence-electron chi connectivity index (χ0n) is 18.8. The van der Waals surface area contributed by atoms with Gasteiger partial charge in [-0.3, -0.25) is 0 Å². The molecular formula is C28H33NO2. The van der Waals surface area contributed by atoms with E-state index in [9.17, 15) is 4.79 Å². The first kappa shape index (κ1) is 22.7. The molecule has 3 aromatic rings. The van der Waals surface area contributed by atoms with Gasteiger partial charge in [-0.05, 0) is 66.1 Å². The van der Waals surface area contributed by atoms with E-state index in [0.717, 1.165) is 36.8 Å². The van der Waals surface area contributed by atoms with Crippen LogP contribution in [0.25, 0.3) is 11.1 Å². The molecule has 0 aliphatic carbocycles. The van der Waals surface area contributed by atoms with Gasteiger partial charge in [-0.2, -0.15) is 0 Å². The van der Waals surface area contributed by atoms with Crippen LogP contribution in [0.15, 0.2) is 66.9 Å². The van der Waals surface area contributed by atoms with E-state index in [1.807, 2.05) is 30.3 Å². The molecule has 2 aromatic carbocycles. The maximum absolute atomic E-state index is 12.4. The van der Waals surface area contributed by atoms with Crippen LogP contribution >= 0.6 is 0 Å². The van der Waals surface area contributed by atoms with Crippen molar-refractivity contribution in [3.8, 4) is 16.9 Å². The lowest BCUT2D eigenvalue weighted by Gasteiger charge is -2.07. The SMILES string of the molecule is CCCCCCc1ccc(-c2ccc(OC(=O)c3ccc(CCCC)cn3)cc2)cc1. The molecule has 0 N–H and O–H groups in total. The van der Waals surface area contributed by atoms with Gasteiger partial charge in [-0.1, -0.05) is 82.0 Å². The largest absolute Gasteiger partial charge is 0.422 e. The molecular weight excluding hydrogens is 382 g/mol. The van der Waals surface area contributed by atoms with Crippen LogP contribution in [0, 0.1) is 0 Å². The summed E-state index contributed by atoms with van der Waals surface area (Å²) in [6.45, 7) is 4.40. The van der Waals surface area contributed by atoms with Crippen LogP contribution in [-0.4, -0.2) is 11.0 Å². The van der Waals surface area contributed by atoms with Crippen LogP contribution in [-0.2, 0) is 12.8 Å². The van der Waals surface area contributed by atoms with Crippen molar-refractivity contribution in [3.05, 3.63) is 83.7 Å². The van der Waals surface area contributed by atoms with Crippen molar-refractivity contribution in [2.45, 2.75) is 65.2 Å². The molecule has 0 radical (unpaired) electrons. The highest BCUT2D eigenvalue weighted by Gasteiger charge is 2.10. The summed E-state index contributed by atoms with van der Waals surface area (Å²) < 4.78 is 5.49. The van der Waals surface area contributed by atoms with Gasteiger partial charge in [-0.15, -0.1) is 0 Å². The number of aryl methyl sites for hydroxylation is 2. The van der Waals surface area contributed by atoms with E-state index in [-0.39, 0.29) is 0 Å². The fourth-order valence-corrected chi connectivity index (χ4v) is 3.57. The van der Waals surface area contributed by atoms with Crippen LogP contribution in [0.3, 0.4) is 0 Å². The molecule has 0 fully saturated rings. The Labute approximate surface area is 186 Å². The summed E-state index contributed by atoms with van der Waals surface area (Å²) in [5.41, 5.74) is 5.14. The Balaban J connectivity index is 1.55. The van der Waals surface area contributed by atoms with Crippen molar-refractivity contribution in [2.75, 3.05) is 0 Å². The van der Waals surface area contributed by atoms with Crippen molar-refractivity contribution in [2.24, 2.45) is 0 Å². The predicted octanol–water partition coefficient (Wildman–Crippen LogP) is 7.43. The van der Waals surface area contributed by atoms with Gasteiger partial charge < -0.3 is 4.74 Å². The van der Waals surface area contributed by atoms with Crippen molar-refractivity contribution < 1.29 is 9.53 Å². The van der Waals surface area contributed by atoms with E-state index < -0.39 is 5.97 Å². The minimum absolute atomic E-state index is 0.332. The number of hydrogen-bond donors (Lipinski definition) is 0. The third-order valence-electron chi connectivity index (χ3n) is 5.52. The highest BCUT2D eigenvalue weighted by atomic mass is 16.5. The van der Waals surface area contributed by atoms with Gasteiger partial charge in [-0.25, -0.2) is 9.78 Å². The number of carbonyl (C=O) groups is 1. The standard InChI is InChI=1S/C28H33NO2/c1-3-5-7-8-10-22-11-14-24(15-12-22)25-16-18-26(19-17-25)31-28(30)27-20-13-23(21-29-27)9-6-4-2/h11-21H,3-10H2,1-2H3. The maximum Gasteiger partial charge on any atom is 0.362 e. The molecule has 31 heavy (non-hydrogen) atoms. The molecule has 0 atom stereocenters. The second-order valence-electron chi connectivity index (χ2n) is 8.08. The lowest BCUT2D eigenvalue weighted by atomic mass is 10.0. The van der Waals surface area contributed by atoms with Crippen LogP contribution in [0.5, 0.6) is 5.75 Å². The quantitative estimate of drug-likeness (QED) is 0.186. The minimum atomic E-state index is -0.429. The molecule has 0 aliphatic heterocycles. The summed E-state index contributed by atoms with van der Waals surface area (Å²) in [6, 6.07) is 20.1. The molecule has 3 rings (SSSR count). The zero-order valence-corrected chi connectivity index (χ0v) is 18.8. The van der Waals surface area contributed by atoms with Crippen molar-refractivity contribution in [3.63, 3.8) is 0 Å². The number of esters is 1. The number of ether oxygens (including phenoxy) is 1. The van der Waals surface area contributed by atoms with Crippen LogP contribution in [0.2, 0.25) is 0 Å². The minimum Gasteiger partial charge on any atom is -0.422 e. The average molecular weight is 416 g/mol.